The average molecular weight is 373 g/mol. The summed E-state index contributed by atoms with van der Waals surface area (Å²) in [7, 11) is -3.24. The summed E-state index contributed by atoms with van der Waals surface area (Å²) in [5.74, 6) is 1.12. The number of anilines is 1. The Morgan fingerprint density at radius 1 is 1.08 bits per heavy atom. The van der Waals surface area contributed by atoms with Crippen molar-refractivity contribution in [1.29, 1.82) is 0 Å². The summed E-state index contributed by atoms with van der Waals surface area (Å²) in [5, 5.41) is 0.831. The molecule has 25 heavy (non-hydrogen) atoms. The van der Waals surface area contributed by atoms with Gasteiger partial charge < -0.3 is 10.5 Å². The Bertz CT molecular complexity index is 976. The van der Waals surface area contributed by atoms with E-state index in [1.807, 2.05) is 18.2 Å². The van der Waals surface area contributed by atoms with E-state index < -0.39 is 9.84 Å². The van der Waals surface area contributed by atoms with Crippen LogP contribution in [0.5, 0.6) is 11.5 Å². The maximum atomic E-state index is 11.5. The van der Waals surface area contributed by atoms with Crippen molar-refractivity contribution in [2.75, 3.05) is 12.0 Å². The van der Waals surface area contributed by atoms with Crippen molar-refractivity contribution >= 4 is 27.4 Å². The fourth-order valence-electron chi connectivity index (χ4n) is 1.98. The largest absolute Gasteiger partial charge is 0.453 e. The summed E-state index contributed by atoms with van der Waals surface area (Å²) in [6.45, 7) is 0. The van der Waals surface area contributed by atoms with E-state index >= 15 is 0 Å². The maximum Gasteiger partial charge on any atom is 0.175 e. The number of nitrogens with two attached hydrogens (primary N) is 1. The molecule has 128 valence electrons. The molecule has 0 spiro atoms. The predicted octanol–water partition coefficient (Wildman–Crippen LogP) is 3.41. The number of nitrogen functional groups attached to an aromatic ring is 1. The molecule has 0 atom stereocenters. The highest BCUT2D eigenvalue weighted by Gasteiger charge is 2.10. The molecule has 2 N–H and O–H groups in total. The second-order valence-electron chi connectivity index (χ2n) is 5.17. The second-order valence-corrected chi connectivity index (χ2v) is 8.28. The Morgan fingerprint density at radius 2 is 1.84 bits per heavy atom. The first-order valence-corrected chi connectivity index (χ1v) is 9.95. The Morgan fingerprint density at radius 3 is 2.48 bits per heavy atom. The molecule has 0 saturated heterocycles. The van der Waals surface area contributed by atoms with Crippen molar-refractivity contribution in [3.63, 3.8) is 0 Å². The molecule has 2 heterocycles. The molecular weight excluding hydrogens is 358 g/mol. The van der Waals surface area contributed by atoms with E-state index in [9.17, 15) is 8.42 Å². The van der Waals surface area contributed by atoms with E-state index in [0.717, 1.165) is 16.2 Å². The second kappa shape index (κ2) is 7.12. The normalized spacial score (nSPS) is 11.2. The standard InChI is InChI=1S/C17H15N3O3S2/c1-25(21,22)14-7-5-12(6-8-14)23-15-10-13(11-20-17(15)18)24-16-4-2-3-9-19-16/h2-11H,1H3,(H2,18,20). The minimum atomic E-state index is -3.24. The molecule has 0 unspecified atom stereocenters. The van der Waals surface area contributed by atoms with Gasteiger partial charge in [0.2, 0.25) is 0 Å². The van der Waals surface area contributed by atoms with E-state index in [1.54, 1.807) is 30.6 Å². The van der Waals surface area contributed by atoms with Crippen molar-refractivity contribution in [1.82, 2.24) is 9.97 Å². The first-order chi connectivity index (χ1) is 11.9. The van der Waals surface area contributed by atoms with Crippen LogP contribution in [0.4, 0.5) is 5.82 Å². The zero-order valence-corrected chi connectivity index (χ0v) is 14.9. The van der Waals surface area contributed by atoms with Crippen LogP contribution >= 0.6 is 11.8 Å². The molecule has 0 aliphatic heterocycles. The number of benzene rings is 1. The Hall–Kier alpha value is -2.58. The van der Waals surface area contributed by atoms with Gasteiger partial charge in [-0.05, 0) is 36.4 Å². The summed E-state index contributed by atoms with van der Waals surface area (Å²) < 4.78 is 28.7. The highest BCUT2D eigenvalue weighted by molar-refractivity contribution is 7.99. The molecular formula is C17H15N3O3S2. The van der Waals surface area contributed by atoms with Gasteiger partial charge in [0.1, 0.15) is 10.8 Å². The van der Waals surface area contributed by atoms with Crippen LogP contribution < -0.4 is 10.5 Å². The molecule has 2 aromatic heterocycles. The van der Waals surface area contributed by atoms with Crippen LogP contribution in [0.1, 0.15) is 0 Å². The maximum absolute atomic E-state index is 11.5. The van der Waals surface area contributed by atoms with E-state index in [4.69, 9.17) is 10.5 Å². The Kier molecular flexibility index (Phi) is 4.91. The highest BCUT2D eigenvalue weighted by atomic mass is 32.2. The quantitative estimate of drug-likeness (QED) is 0.732. The Balaban J connectivity index is 1.81. The molecule has 0 saturated carbocycles. The third-order valence-electron chi connectivity index (χ3n) is 3.20. The van der Waals surface area contributed by atoms with Crippen LogP contribution in [0.15, 0.2) is 75.7 Å². The van der Waals surface area contributed by atoms with Crippen LogP contribution in [-0.2, 0) is 9.84 Å². The molecule has 6 nitrogen and oxygen atoms in total. The minimum absolute atomic E-state index is 0.227. The van der Waals surface area contributed by atoms with Crippen LogP contribution in [0.25, 0.3) is 0 Å². The first kappa shape index (κ1) is 17.2. The highest BCUT2D eigenvalue weighted by Crippen LogP contribution is 2.33. The molecule has 3 rings (SSSR count). The van der Waals surface area contributed by atoms with Crippen molar-refractivity contribution in [2.45, 2.75) is 14.8 Å². The van der Waals surface area contributed by atoms with E-state index in [1.165, 1.54) is 23.9 Å². The summed E-state index contributed by atoms with van der Waals surface area (Å²) in [6, 6.07) is 13.5. The number of pyridine rings is 2. The molecule has 0 fully saturated rings. The number of aromatic nitrogens is 2. The van der Waals surface area contributed by atoms with E-state index in [2.05, 4.69) is 9.97 Å². The van der Waals surface area contributed by atoms with Gasteiger partial charge in [0, 0.05) is 29.6 Å². The lowest BCUT2D eigenvalue weighted by Gasteiger charge is -2.10. The van der Waals surface area contributed by atoms with Gasteiger partial charge in [-0.1, -0.05) is 17.8 Å². The van der Waals surface area contributed by atoms with Crippen LogP contribution in [0.3, 0.4) is 0 Å². The average Bonchev–Trinajstić information content (AvgIpc) is 2.58. The number of hydrogen-bond donors (Lipinski definition) is 1. The molecule has 1 aromatic carbocycles. The summed E-state index contributed by atoms with van der Waals surface area (Å²) >= 11 is 1.44. The number of ether oxygens (including phenoxy) is 1. The van der Waals surface area contributed by atoms with Crippen LogP contribution in [-0.4, -0.2) is 24.6 Å². The van der Waals surface area contributed by atoms with Gasteiger partial charge >= 0.3 is 0 Å². The van der Waals surface area contributed by atoms with Gasteiger partial charge in [0.15, 0.2) is 21.4 Å². The lowest BCUT2D eigenvalue weighted by molar-refractivity contribution is 0.481. The van der Waals surface area contributed by atoms with Crippen molar-refractivity contribution < 1.29 is 13.2 Å². The number of sulfone groups is 1. The zero-order valence-electron chi connectivity index (χ0n) is 13.3. The van der Waals surface area contributed by atoms with Gasteiger partial charge in [-0.2, -0.15) is 0 Å². The topological polar surface area (TPSA) is 95.2 Å². The van der Waals surface area contributed by atoms with Crippen LogP contribution in [0, 0.1) is 0 Å². The predicted molar refractivity (Wildman–Crippen MR) is 96.6 cm³/mol. The van der Waals surface area contributed by atoms with E-state index in [-0.39, 0.29) is 10.7 Å². The first-order valence-electron chi connectivity index (χ1n) is 7.24. The summed E-state index contributed by atoms with van der Waals surface area (Å²) in [5.41, 5.74) is 5.87. The van der Waals surface area contributed by atoms with E-state index in [0.29, 0.717) is 11.5 Å². The fraction of sp³-hybridized carbons (Fsp3) is 0.0588. The van der Waals surface area contributed by atoms with Gasteiger partial charge in [-0.25, -0.2) is 18.4 Å². The van der Waals surface area contributed by atoms with Gasteiger partial charge in [-0.15, -0.1) is 0 Å². The fourth-order valence-corrected chi connectivity index (χ4v) is 3.39. The molecule has 0 radical (unpaired) electrons. The third kappa shape index (κ3) is 4.49. The summed E-state index contributed by atoms with van der Waals surface area (Å²) in [4.78, 5) is 9.44. The lowest BCUT2D eigenvalue weighted by atomic mass is 10.3. The van der Waals surface area contributed by atoms with Gasteiger partial charge in [0.05, 0.1) is 4.90 Å². The third-order valence-corrected chi connectivity index (χ3v) is 5.23. The van der Waals surface area contributed by atoms with Crippen molar-refractivity contribution in [3.8, 4) is 11.5 Å². The molecule has 3 aromatic rings. The zero-order chi connectivity index (χ0) is 17.9. The molecule has 0 aliphatic carbocycles. The number of hydrogen-bond acceptors (Lipinski definition) is 7. The molecule has 0 amide bonds. The lowest BCUT2D eigenvalue weighted by Crippen LogP contribution is -1.98. The number of rotatable bonds is 5. The van der Waals surface area contributed by atoms with Crippen molar-refractivity contribution in [2.24, 2.45) is 0 Å². The van der Waals surface area contributed by atoms with Crippen molar-refractivity contribution in [3.05, 3.63) is 60.9 Å². The SMILES string of the molecule is CS(=O)(=O)c1ccc(Oc2cc(Sc3ccccn3)cnc2N)cc1. The summed E-state index contributed by atoms with van der Waals surface area (Å²) in [6.07, 6.45) is 4.52. The van der Waals surface area contributed by atoms with Gasteiger partial charge in [-0.3, -0.25) is 0 Å². The molecule has 0 aliphatic rings. The van der Waals surface area contributed by atoms with Gasteiger partial charge in [0.25, 0.3) is 0 Å². The smallest absolute Gasteiger partial charge is 0.175 e. The van der Waals surface area contributed by atoms with Crippen LogP contribution in [0.2, 0.25) is 0 Å². The molecule has 0 bridgehead atoms. The monoisotopic (exact) mass is 373 g/mol. The number of nitrogens with zero attached hydrogens (tertiary/aromatic N) is 2. The Labute approximate surface area is 150 Å². The molecule has 8 heteroatoms. The minimum Gasteiger partial charge on any atom is -0.453 e.